The predicted molar refractivity (Wildman–Crippen MR) is 77.7 cm³/mol. The van der Waals surface area contributed by atoms with Crippen LogP contribution in [0.15, 0.2) is 18.2 Å². The van der Waals surface area contributed by atoms with Gasteiger partial charge in [-0.2, -0.15) is 0 Å². The van der Waals surface area contributed by atoms with Crippen LogP contribution in [0.4, 0.5) is 14.5 Å². The molecular weight excluding hydrogens is 310 g/mol. The maximum atomic E-state index is 13.0. The first-order valence-electron chi connectivity index (χ1n) is 7.47. The molecule has 1 N–H and O–H groups in total. The van der Waals surface area contributed by atoms with Crippen LogP contribution in [0.1, 0.15) is 13.3 Å². The van der Waals surface area contributed by atoms with E-state index in [9.17, 15) is 13.6 Å². The molecule has 0 spiro atoms. The Bertz CT molecular complexity index is 589. The molecule has 3 rings (SSSR count). The number of nitrogens with one attached hydrogen (secondary N) is 1. The van der Waals surface area contributed by atoms with Crippen molar-refractivity contribution in [2.24, 2.45) is 0 Å². The highest BCUT2D eigenvalue weighted by molar-refractivity contribution is 5.94. The van der Waals surface area contributed by atoms with E-state index >= 15 is 0 Å². The molecule has 1 atom stereocenters. The van der Waals surface area contributed by atoms with Crippen LogP contribution in [0, 0.1) is 0 Å². The lowest BCUT2D eigenvalue weighted by molar-refractivity contribution is -0.286. The number of carbonyl (C=O) groups is 1. The van der Waals surface area contributed by atoms with E-state index in [1.807, 2.05) is 11.8 Å². The van der Waals surface area contributed by atoms with Crippen LogP contribution in [0.2, 0.25) is 0 Å². The van der Waals surface area contributed by atoms with Gasteiger partial charge in [0.2, 0.25) is 5.91 Å². The molecule has 1 amide bonds. The van der Waals surface area contributed by atoms with E-state index in [0.29, 0.717) is 25.4 Å². The van der Waals surface area contributed by atoms with Gasteiger partial charge in [0.25, 0.3) is 0 Å². The van der Waals surface area contributed by atoms with Gasteiger partial charge in [-0.15, -0.1) is 8.78 Å². The summed E-state index contributed by atoms with van der Waals surface area (Å²) >= 11 is 0. The zero-order valence-corrected chi connectivity index (χ0v) is 12.7. The van der Waals surface area contributed by atoms with Gasteiger partial charge >= 0.3 is 6.29 Å². The summed E-state index contributed by atoms with van der Waals surface area (Å²) in [6.07, 6.45) is -2.79. The quantitative estimate of drug-likeness (QED) is 0.920. The van der Waals surface area contributed by atoms with Crippen molar-refractivity contribution in [2.45, 2.75) is 25.7 Å². The lowest BCUT2D eigenvalue weighted by Gasteiger charge is -2.26. The van der Waals surface area contributed by atoms with Crippen LogP contribution < -0.4 is 14.8 Å². The standard InChI is InChI=1S/C15H18F2N2O4/c1-10(19-5-2-7-21-8-6-19)14(20)18-11-3-4-12-13(9-11)23-15(16,17)22-12/h3-4,9-10H,2,5-8H2,1H3,(H,18,20). The highest BCUT2D eigenvalue weighted by atomic mass is 19.3. The average Bonchev–Trinajstić information content (AvgIpc) is 2.68. The van der Waals surface area contributed by atoms with Crippen molar-refractivity contribution in [3.63, 3.8) is 0 Å². The summed E-state index contributed by atoms with van der Waals surface area (Å²) in [7, 11) is 0. The van der Waals surface area contributed by atoms with Gasteiger partial charge in [-0.1, -0.05) is 0 Å². The van der Waals surface area contributed by atoms with Crippen molar-refractivity contribution in [1.29, 1.82) is 0 Å². The number of anilines is 1. The van der Waals surface area contributed by atoms with Crippen molar-refractivity contribution < 1.29 is 27.8 Å². The van der Waals surface area contributed by atoms with Crippen LogP contribution in [0.25, 0.3) is 0 Å². The fraction of sp³-hybridized carbons (Fsp3) is 0.533. The zero-order valence-electron chi connectivity index (χ0n) is 12.7. The molecule has 1 saturated heterocycles. The van der Waals surface area contributed by atoms with Gasteiger partial charge in [-0.05, 0) is 25.5 Å². The molecule has 6 nitrogen and oxygen atoms in total. The SMILES string of the molecule is CC(C(=O)Nc1ccc2c(c1)OC(F)(F)O2)N1CCCOCC1. The molecule has 1 fully saturated rings. The van der Waals surface area contributed by atoms with Gasteiger partial charge in [-0.25, -0.2) is 0 Å². The number of nitrogens with zero attached hydrogens (tertiary/aromatic N) is 1. The van der Waals surface area contributed by atoms with Gasteiger partial charge in [0, 0.05) is 31.5 Å². The highest BCUT2D eigenvalue weighted by Crippen LogP contribution is 2.42. The number of ether oxygens (including phenoxy) is 3. The number of fused-ring (bicyclic) bond motifs is 1. The second kappa shape index (κ2) is 6.29. The Morgan fingerprint density at radius 1 is 1.26 bits per heavy atom. The molecule has 1 aromatic carbocycles. The Morgan fingerprint density at radius 2 is 2.04 bits per heavy atom. The van der Waals surface area contributed by atoms with Gasteiger partial charge in [0.15, 0.2) is 11.5 Å². The molecular formula is C15H18F2N2O4. The Hall–Kier alpha value is -1.93. The van der Waals surface area contributed by atoms with E-state index in [2.05, 4.69) is 14.8 Å². The van der Waals surface area contributed by atoms with Crippen molar-refractivity contribution in [3.05, 3.63) is 18.2 Å². The molecule has 2 aliphatic rings. The van der Waals surface area contributed by atoms with Crippen LogP contribution in [0.3, 0.4) is 0 Å². The maximum Gasteiger partial charge on any atom is 0.586 e. The van der Waals surface area contributed by atoms with Gasteiger partial charge in [0.05, 0.1) is 12.6 Å². The third-order valence-corrected chi connectivity index (χ3v) is 3.85. The van der Waals surface area contributed by atoms with Crippen LogP contribution >= 0.6 is 0 Å². The Balaban J connectivity index is 1.64. The van der Waals surface area contributed by atoms with Crippen molar-refractivity contribution in [3.8, 4) is 11.5 Å². The lowest BCUT2D eigenvalue weighted by Crippen LogP contribution is -2.43. The van der Waals surface area contributed by atoms with Gasteiger partial charge in [-0.3, -0.25) is 9.69 Å². The minimum absolute atomic E-state index is 0.0503. The smallest absolute Gasteiger partial charge is 0.395 e. The number of hydrogen-bond acceptors (Lipinski definition) is 5. The summed E-state index contributed by atoms with van der Waals surface area (Å²) < 4.78 is 40.0. The van der Waals surface area contributed by atoms with E-state index in [-0.39, 0.29) is 23.4 Å². The molecule has 1 aromatic rings. The summed E-state index contributed by atoms with van der Waals surface area (Å²) in [6.45, 7) is 4.56. The van der Waals surface area contributed by atoms with E-state index in [4.69, 9.17) is 4.74 Å². The van der Waals surface area contributed by atoms with E-state index in [1.54, 1.807) is 0 Å². The number of rotatable bonds is 3. The lowest BCUT2D eigenvalue weighted by atomic mass is 10.2. The molecule has 0 aromatic heterocycles. The average molecular weight is 328 g/mol. The van der Waals surface area contributed by atoms with Crippen molar-refractivity contribution >= 4 is 11.6 Å². The van der Waals surface area contributed by atoms with Crippen molar-refractivity contribution in [2.75, 3.05) is 31.6 Å². The summed E-state index contributed by atoms with van der Waals surface area (Å²) in [5.74, 6) is -0.355. The molecule has 1 unspecified atom stereocenters. The molecule has 0 saturated carbocycles. The molecule has 2 aliphatic heterocycles. The number of hydrogen-bond donors (Lipinski definition) is 1. The molecule has 0 radical (unpaired) electrons. The third-order valence-electron chi connectivity index (χ3n) is 3.85. The van der Waals surface area contributed by atoms with Gasteiger partial charge < -0.3 is 19.5 Å². The fourth-order valence-electron chi connectivity index (χ4n) is 2.59. The normalized spacial score (nSPS) is 21.5. The minimum atomic E-state index is -3.66. The Morgan fingerprint density at radius 3 is 2.87 bits per heavy atom. The van der Waals surface area contributed by atoms with E-state index in [1.165, 1.54) is 18.2 Å². The van der Waals surface area contributed by atoms with Crippen LogP contribution in [-0.2, 0) is 9.53 Å². The summed E-state index contributed by atoms with van der Waals surface area (Å²) in [6, 6.07) is 3.83. The predicted octanol–water partition coefficient (Wildman–Crippen LogP) is 2.06. The number of halogens is 2. The molecule has 23 heavy (non-hydrogen) atoms. The van der Waals surface area contributed by atoms with E-state index < -0.39 is 6.29 Å². The molecule has 0 bridgehead atoms. The second-order valence-corrected chi connectivity index (χ2v) is 5.50. The molecule has 0 aliphatic carbocycles. The zero-order chi connectivity index (χ0) is 16.4. The summed E-state index contributed by atoms with van der Waals surface area (Å²) in [4.78, 5) is 14.4. The largest absolute Gasteiger partial charge is 0.586 e. The summed E-state index contributed by atoms with van der Waals surface area (Å²) in [5.41, 5.74) is 0.382. The van der Waals surface area contributed by atoms with Crippen LogP contribution in [-0.4, -0.2) is 49.4 Å². The summed E-state index contributed by atoms with van der Waals surface area (Å²) in [5, 5.41) is 2.71. The number of carbonyl (C=O) groups excluding carboxylic acids is 1. The molecule has 2 heterocycles. The topological polar surface area (TPSA) is 60.0 Å². The maximum absolute atomic E-state index is 13.0. The van der Waals surface area contributed by atoms with Gasteiger partial charge in [0.1, 0.15) is 0 Å². The second-order valence-electron chi connectivity index (χ2n) is 5.50. The first-order valence-corrected chi connectivity index (χ1v) is 7.47. The first kappa shape index (κ1) is 15.9. The molecule has 8 heteroatoms. The van der Waals surface area contributed by atoms with Crippen LogP contribution in [0.5, 0.6) is 11.5 Å². The first-order chi connectivity index (χ1) is 10.9. The fourth-order valence-corrected chi connectivity index (χ4v) is 2.59. The number of benzene rings is 1. The molecule has 126 valence electrons. The van der Waals surface area contributed by atoms with Crippen molar-refractivity contribution in [1.82, 2.24) is 4.90 Å². The third kappa shape index (κ3) is 3.70. The number of amides is 1. The number of alkyl halides is 2. The highest BCUT2D eigenvalue weighted by Gasteiger charge is 2.43. The Labute approximate surface area is 132 Å². The Kier molecular flexibility index (Phi) is 4.36. The monoisotopic (exact) mass is 328 g/mol. The minimum Gasteiger partial charge on any atom is -0.395 e. The van der Waals surface area contributed by atoms with E-state index in [0.717, 1.165) is 13.0 Å².